The molecule has 0 saturated heterocycles. The zero-order valence-corrected chi connectivity index (χ0v) is 12.3. The van der Waals surface area contributed by atoms with Gasteiger partial charge in [-0.15, -0.1) is 10.2 Å². The molecule has 3 atom stereocenters. The molecule has 4 heteroatoms. The van der Waals surface area contributed by atoms with Crippen molar-refractivity contribution in [1.82, 2.24) is 15.5 Å². The molecule has 4 rings (SSSR count). The molecule has 2 fully saturated rings. The van der Waals surface area contributed by atoms with Crippen LogP contribution < -0.4 is 5.32 Å². The molecule has 0 spiro atoms. The largest absolute Gasteiger partial charge is 0.423 e. The lowest BCUT2D eigenvalue weighted by atomic mass is 10.0. The molecule has 4 nitrogen and oxygen atoms in total. The van der Waals surface area contributed by atoms with Crippen LogP contribution >= 0.6 is 0 Å². The first-order valence-corrected chi connectivity index (χ1v) is 7.94. The summed E-state index contributed by atoms with van der Waals surface area (Å²) in [5.74, 6) is 3.68. The smallest absolute Gasteiger partial charge is 0.237 e. The highest BCUT2D eigenvalue weighted by Gasteiger charge is 2.54. The number of nitrogens with zero attached hydrogens (tertiary/aromatic N) is 2. The van der Waals surface area contributed by atoms with E-state index in [9.17, 15) is 0 Å². The van der Waals surface area contributed by atoms with Gasteiger partial charge in [-0.25, -0.2) is 0 Å². The van der Waals surface area contributed by atoms with Crippen molar-refractivity contribution in [2.75, 3.05) is 7.05 Å². The molecule has 1 aromatic heterocycles. The highest BCUT2D eigenvalue weighted by molar-refractivity contribution is 5.24. The van der Waals surface area contributed by atoms with Crippen LogP contribution in [0.15, 0.2) is 34.7 Å². The summed E-state index contributed by atoms with van der Waals surface area (Å²) in [6, 6.07) is 10.2. The first kappa shape index (κ1) is 13.0. The Morgan fingerprint density at radius 1 is 1.10 bits per heavy atom. The molecule has 0 amide bonds. The maximum absolute atomic E-state index is 6.02. The lowest BCUT2D eigenvalue weighted by molar-refractivity contribution is 0.410. The van der Waals surface area contributed by atoms with E-state index in [0.717, 1.165) is 23.3 Å². The summed E-state index contributed by atoms with van der Waals surface area (Å²) in [6.45, 7) is 0. The Bertz CT molecular complexity index is 598. The van der Waals surface area contributed by atoms with Crippen molar-refractivity contribution in [3.05, 3.63) is 47.7 Å². The molecule has 1 N–H and O–H groups in total. The fourth-order valence-electron chi connectivity index (χ4n) is 3.93. The minimum absolute atomic E-state index is 0.0202. The van der Waals surface area contributed by atoms with Gasteiger partial charge in [-0.3, -0.25) is 0 Å². The third kappa shape index (κ3) is 2.27. The second-order valence-electron chi connectivity index (χ2n) is 6.25. The fourth-order valence-corrected chi connectivity index (χ4v) is 3.93. The molecule has 110 valence electrons. The third-order valence-electron chi connectivity index (χ3n) is 5.07. The number of hydrogen-bond donors (Lipinski definition) is 1. The Morgan fingerprint density at radius 2 is 1.81 bits per heavy atom. The summed E-state index contributed by atoms with van der Waals surface area (Å²) in [5, 5.41) is 11.9. The molecule has 3 unspecified atom stereocenters. The van der Waals surface area contributed by atoms with Crippen LogP contribution in [-0.2, 0) is 0 Å². The molecule has 21 heavy (non-hydrogen) atoms. The molecule has 2 saturated carbocycles. The molecule has 0 radical (unpaired) electrons. The van der Waals surface area contributed by atoms with Crippen molar-refractivity contribution in [2.24, 2.45) is 11.8 Å². The topological polar surface area (TPSA) is 51.0 Å². The van der Waals surface area contributed by atoms with E-state index >= 15 is 0 Å². The molecule has 2 aromatic rings. The molecule has 0 bridgehead atoms. The van der Waals surface area contributed by atoms with Gasteiger partial charge in [0.25, 0.3) is 0 Å². The van der Waals surface area contributed by atoms with Gasteiger partial charge in [0.2, 0.25) is 11.8 Å². The highest BCUT2D eigenvalue weighted by atomic mass is 16.4. The van der Waals surface area contributed by atoms with E-state index in [0.29, 0.717) is 11.8 Å². The number of hydrogen-bond acceptors (Lipinski definition) is 4. The van der Waals surface area contributed by atoms with Gasteiger partial charge in [0.1, 0.15) is 6.04 Å². The highest BCUT2D eigenvalue weighted by Crippen LogP contribution is 2.60. The van der Waals surface area contributed by atoms with E-state index in [4.69, 9.17) is 4.42 Å². The van der Waals surface area contributed by atoms with E-state index in [-0.39, 0.29) is 6.04 Å². The molecule has 1 heterocycles. The monoisotopic (exact) mass is 283 g/mol. The van der Waals surface area contributed by atoms with E-state index < -0.39 is 0 Å². The number of benzene rings is 1. The number of fused-ring (bicyclic) bond motifs is 1. The summed E-state index contributed by atoms with van der Waals surface area (Å²) in [4.78, 5) is 0. The van der Waals surface area contributed by atoms with Crippen LogP contribution in [0, 0.1) is 11.8 Å². The second-order valence-corrected chi connectivity index (χ2v) is 6.25. The maximum atomic E-state index is 6.02. The Kier molecular flexibility index (Phi) is 3.26. The summed E-state index contributed by atoms with van der Waals surface area (Å²) in [5.41, 5.74) is 1.16. The van der Waals surface area contributed by atoms with Gasteiger partial charge in [-0.1, -0.05) is 43.2 Å². The number of aromatic nitrogens is 2. The van der Waals surface area contributed by atoms with Crippen molar-refractivity contribution in [3.63, 3.8) is 0 Å². The Morgan fingerprint density at radius 3 is 2.48 bits per heavy atom. The molecular formula is C17H21N3O. The molecule has 2 aliphatic rings. The average Bonchev–Trinajstić information content (AvgIpc) is 3.09. The van der Waals surface area contributed by atoms with Gasteiger partial charge in [-0.2, -0.15) is 0 Å². The normalized spacial score (nSPS) is 28.9. The minimum atomic E-state index is -0.0202. The summed E-state index contributed by atoms with van der Waals surface area (Å²) in [7, 11) is 1.93. The zero-order chi connectivity index (χ0) is 14.2. The Hall–Kier alpha value is -1.68. The van der Waals surface area contributed by atoms with Gasteiger partial charge in [0, 0.05) is 5.92 Å². The molecule has 0 aliphatic heterocycles. The quantitative estimate of drug-likeness (QED) is 0.935. The Labute approximate surface area is 125 Å². The van der Waals surface area contributed by atoms with Crippen LogP contribution in [0.25, 0.3) is 0 Å². The standard InChI is InChI=1S/C17H21N3O/c1-18-15(11-7-3-2-4-8-11)17-20-19-16(21-17)14-12-9-5-6-10-13(12)14/h2-4,7-8,12-15,18H,5-6,9-10H2,1H3. The van der Waals surface area contributed by atoms with Crippen LogP contribution in [-0.4, -0.2) is 17.2 Å². The van der Waals surface area contributed by atoms with Crippen LogP contribution in [0.4, 0.5) is 0 Å². The van der Waals surface area contributed by atoms with Crippen molar-refractivity contribution >= 4 is 0 Å². The minimum Gasteiger partial charge on any atom is -0.423 e. The predicted molar refractivity (Wildman–Crippen MR) is 79.8 cm³/mol. The lowest BCUT2D eigenvalue weighted by Gasteiger charge is -2.11. The first-order chi connectivity index (χ1) is 10.4. The SMILES string of the molecule is CNC(c1ccccc1)c1nnc(C2C3CCCCC32)o1. The summed E-state index contributed by atoms with van der Waals surface area (Å²) >= 11 is 0. The van der Waals surface area contributed by atoms with Gasteiger partial charge in [0.05, 0.1) is 0 Å². The van der Waals surface area contributed by atoms with Crippen LogP contribution in [0.1, 0.15) is 55.0 Å². The van der Waals surface area contributed by atoms with Gasteiger partial charge >= 0.3 is 0 Å². The van der Waals surface area contributed by atoms with Crippen LogP contribution in [0.2, 0.25) is 0 Å². The van der Waals surface area contributed by atoms with Gasteiger partial charge < -0.3 is 9.73 Å². The predicted octanol–water partition coefficient (Wildman–Crippen LogP) is 3.28. The average molecular weight is 283 g/mol. The fraction of sp³-hybridized carbons (Fsp3) is 0.529. The van der Waals surface area contributed by atoms with E-state index in [2.05, 4.69) is 27.6 Å². The molecule has 1 aromatic carbocycles. The zero-order valence-electron chi connectivity index (χ0n) is 12.3. The summed E-state index contributed by atoms with van der Waals surface area (Å²) in [6.07, 6.45) is 5.39. The first-order valence-electron chi connectivity index (χ1n) is 7.94. The van der Waals surface area contributed by atoms with E-state index in [1.807, 2.05) is 25.2 Å². The maximum Gasteiger partial charge on any atom is 0.237 e. The van der Waals surface area contributed by atoms with Crippen molar-refractivity contribution < 1.29 is 4.42 Å². The number of nitrogens with one attached hydrogen (secondary N) is 1. The van der Waals surface area contributed by atoms with Crippen molar-refractivity contribution in [1.29, 1.82) is 0 Å². The van der Waals surface area contributed by atoms with Crippen LogP contribution in [0.5, 0.6) is 0 Å². The van der Waals surface area contributed by atoms with Gasteiger partial charge in [0.15, 0.2) is 0 Å². The number of rotatable bonds is 4. The molecule has 2 aliphatic carbocycles. The van der Waals surface area contributed by atoms with Crippen LogP contribution in [0.3, 0.4) is 0 Å². The van der Waals surface area contributed by atoms with Crippen molar-refractivity contribution in [2.45, 2.75) is 37.6 Å². The lowest BCUT2D eigenvalue weighted by Crippen LogP contribution is -2.17. The van der Waals surface area contributed by atoms with E-state index in [1.54, 1.807) is 0 Å². The van der Waals surface area contributed by atoms with E-state index in [1.165, 1.54) is 25.7 Å². The Balaban J connectivity index is 1.56. The summed E-state index contributed by atoms with van der Waals surface area (Å²) < 4.78 is 6.02. The van der Waals surface area contributed by atoms with Crippen molar-refractivity contribution in [3.8, 4) is 0 Å². The second kappa shape index (κ2) is 5.26. The molecular weight excluding hydrogens is 262 g/mol. The third-order valence-corrected chi connectivity index (χ3v) is 5.07. The van der Waals surface area contributed by atoms with Gasteiger partial charge in [-0.05, 0) is 37.3 Å².